The van der Waals surface area contributed by atoms with Gasteiger partial charge in [0.15, 0.2) is 0 Å². The van der Waals surface area contributed by atoms with Gasteiger partial charge in [-0.05, 0) is 19.9 Å². The topological polar surface area (TPSA) is 72.7 Å². The maximum Gasteiger partial charge on any atom is 0.106 e. The molecule has 1 atom stereocenters. The van der Waals surface area contributed by atoms with Crippen LogP contribution in [0.1, 0.15) is 26.7 Å². The van der Waals surface area contributed by atoms with Crippen LogP contribution in [0.4, 0.5) is 0 Å². The van der Waals surface area contributed by atoms with Crippen LogP contribution < -0.4 is 5.32 Å². The number of hydrogen-bond acceptors (Lipinski definition) is 6. The van der Waals surface area contributed by atoms with Crippen LogP contribution in [0, 0.1) is 11.3 Å². The third-order valence-electron chi connectivity index (χ3n) is 2.93. The second-order valence-electron chi connectivity index (χ2n) is 4.95. The Kier molecular flexibility index (Phi) is 13.8. The maximum atomic E-state index is 9.16. The minimum Gasteiger partial charge on any atom is -0.382 e. The lowest BCUT2D eigenvalue weighted by Crippen LogP contribution is -2.42. The van der Waals surface area contributed by atoms with Gasteiger partial charge in [0.2, 0.25) is 0 Å². The smallest absolute Gasteiger partial charge is 0.106 e. The number of ether oxygens (including phenoxy) is 4. The highest BCUT2D eigenvalue weighted by atomic mass is 16.6. The Hall–Kier alpha value is -0.710. The van der Waals surface area contributed by atoms with E-state index in [9.17, 15) is 0 Å². The van der Waals surface area contributed by atoms with Crippen molar-refractivity contribution >= 4 is 0 Å². The molecule has 1 unspecified atom stereocenters. The first kappa shape index (κ1) is 20.3. The summed E-state index contributed by atoms with van der Waals surface area (Å²) in [4.78, 5) is 0. The zero-order valence-electron chi connectivity index (χ0n) is 13.7. The normalized spacial score (nSPS) is 13.8. The molecule has 0 saturated carbocycles. The molecule has 0 aliphatic heterocycles. The van der Waals surface area contributed by atoms with Crippen molar-refractivity contribution in [3.63, 3.8) is 0 Å². The van der Waals surface area contributed by atoms with Crippen molar-refractivity contribution in [2.24, 2.45) is 0 Å². The molecule has 0 amide bonds. The van der Waals surface area contributed by atoms with Crippen molar-refractivity contribution < 1.29 is 18.9 Å². The van der Waals surface area contributed by atoms with E-state index in [-0.39, 0.29) is 0 Å². The zero-order valence-corrected chi connectivity index (χ0v) is 13.7. The highest BCUT2D eigenvalue weighted by molar-refractivity contribution is 5.03. The Morgan fingerprint density at radius 2 is 1.48 bits per heavy atom. The maximum absolute atomic E-state index is 9.16. The van der Waals surface area contributed by atoms with Gasteiger partial charge in [-0.3, -0.25) is 5.32 Å². The molecule has 0 aliphatic rings. The molecule has 124 valence electrons. The number of nitrogens with zero attached hydrogens (tertiary/aromatic N) is 1. The van der Waals surface area contributed by atoms with Crippen molar-refractivity contribution in [3.8, 4) is 6.07 Å². The predicted octanol–water partition coefficient (Wildman–Crippen LogP) is 1.35. The summed E-state index contributed by atoms with van der Waals surface area (Å²) in [5, 5.41) is 12.4. The van der Waals surface area contributed by atoms with Gasteiger partial charge >= 0.3 is 0 Å². The Balaban J connectivity index is 3.37. The molecule has 0 aromatic rings. The first-order chi connectivity index (χ1) is 10.2. The average Bonchev–Trinajstić information content (AvgIpc) is 2.50. The lowest BCUT2D eigenvalue weighted by atomic mass is 10.0. The van der Waals surface area contributed by atoms with Crippen LogP contribution in [0.25, 0.3) is 0 Å². The third-order valence-corrected chi connectivity index (χ3v) is 2.93. The first-order valence-corrected chi connectivity index (χ1v) is 7.57. The van der Waals surface area contributed by atoms with Crippen molar-refractivity contribution in [2.45, 2.75) is 32.2 Å². The molecule has 6 nitrogen and oxygen atoms in total. The van der Waals surface area contributed by atoms with Gasteiger partial charge in [0.1, 0.15) is 5.54 Å². The van der Waals surface area contributed by atoms with E-state index in [0.717, 1.165) is 13.0 Å². The van der Waals surface area contributed by atoms with Gasteiger partial charge in [-0.1, -0.05) is 6.92 Å². The van der Waals surface area contributed by atoms with E-state index in [1.165, 1.54) is 0 Å². The monoisotopic (exact) mass is 302 g/mol. The Morgan fingerprint density at radius 1 is 0.952 bits per heavy atom. The minimum atomic E-state index is -0.508. The molecule has 0 bridgehead atoms. The molecule has 0 heterocycles. The van der Waals surface area contributed by atoms with Gasteiger partial charge in [-0.25, -0.2) is 0 Å². The summed E-state index contributed by atoms with van der Waals surface area (Å²) >= 11 is 0. The second kappa shape index (κ2) is 14.2. The van der Waals surface area contributed by atoms with E-state index in [0.29, 0.717) is 52.7 Å². The average molecular weight is 302 g/mol. The molecule has 0 aromatic heterocycles. The van der Waals surface area contributed by atoms with E-state index in [1.807, 2.05) is 6.92 Å². The van der Waals surface area contributed by atoms with E-state index >= 15 is 0 Å². The minimum absolute atomic E-state index is 0.508. The van der Waals surface area contributed by atoms with Gasteiger partial charge in [0, 0.05) is 20.1 Å². The predicted molar refractivity (Wildman–Crippen MR) is 81.3 cm³/mol. The van der Waals surface area contributed by atoms with Crippen LogP contribution in [0.3, 0.4) is 0 Å². The van der Waals surface area contributed by atoms with Crippen LogP contribution in [0.5, 0.6) is 0 Å². The highest BCUT2D eigenvalue weighted by Crippen LogP contribution is 2.08. The van der Waals surface area contributed by atoms with Crippen molar-refractivity contribution in [1.29, 1.82) is 5.26 Å². The van der Waals surface area contributed by atoms with Crippen LogP contribution in [-0.2, 0) is 18.9 Å². The quantitative estimate of drug-likeness (QED) is 0.460. The van der Waals surface area contributed by atoms with Crippen molar-refractivity contribution in [1.82, 2.24) is 5.32 Å². The van der Waals surface area contributed by atoms with Crippen LogP contribution in [0.15, 0.2) is 0 Å². The second-order valence-corrected chi connectivity index (χ2v) is 4.95. The lowest BCUT2D eigenvalue weighted by molar-refractivity contribution is 0.00206. The summed E-state index contributed by atoms with van der Waals surface area (Å²) in [6.07, 6.45) is 1.68. The summed E-state index contributed by atoms with van der Waals surface area (Å²) in [5.74, 6) is 0. The molecule has 0 spiro atoms. The third kappa shape index (κ3) is 12.7. The summed E-state index contributed by atoms with van der Waals surface area (Å²) < 4.78 is 21.0. The number of methoxy groups -OCH3 is 1. The van der Waals surface area contributed by atoms with Crippen LogP contribution in [-0.4, -0.2) is 65.4 Å². The van der Waals surface area contributed by atoms with Crippen LogP contribution in [0.2, 0.25) is 0 Å². The van der Waals surface area contributed by atoms with E-state index in [4.69, 9.17) is 24.2 Å². The Morgan fingerprint density at radius 3 is 1.95 bits per heavy atom. The molecule has 0 fully saturated rings. The molecule has 21 heavy (non-hydrogen) atoms. The molecule has 0 saturated heterocycles. The molecule has 0 radical (unpaired) electrons. The first-order valence-electron chi connectivity index (χ1n) is 7.57. The fraction of sp³-hybridized carbons (Fsp3) is 0.933. The molecule has 6 heteroatoms. The molecule has 1 N–H and O–H groups in total. The SMILES string of the molecule is CCCNC(C)(C#N)CCOCCOCCOCCOC. The van der Waals surface area contributed by atoms with Crippen LogP contribution >= 0.6 is 0 Å². The van der Waals surface area contributed by atoms with Gasteiger partial charge in [0.05, 0.1) is 45.7 Å². The Labute approximate surface area is 128 Å². The standard InChI is InChI=1S/C15H30N2O4/c1-4-6-17-15(2,14-16)5-7-19-10-11-21-13-12-20-9-8-18-3/h17H,4-13H2,1-3H3. The van der Waals surface area contributed by atoms with Crippen molar-refractivity contribution in [3.05, 3.63) is 0 Å². The largest absolute Gasteiger partial charge is 0.382 e. The van der Waals surface area contributed by atoms with E-state index in [1.54, 1.807) is 7.11 Å². The summed E-state index contributed by atoms with van der Waals surface area (Å²) in [7, 11) is 1.65. The molecule has 0 aromatic carbocycles. The molecule has 0 rings (SSSR count). The summed E-state index contributed by atoms with van der Waals surface area (Å²) in [6, 6.07) is 2.30. The number of hydrogen-bond donors (Lipinski definition) is 1. The van der Waals surface area contributed by atoms with Gasteiger partial charge < -0.3 is 18.9 Å². The number of nitrogens with one attached hydrogen (secondary N) is 1. The molecular weight excluding hydrogens is 272 g/mol. The molecule has 0 aliphatic carbocycles. The van der Waals surface area contributed by atoms with Gasteiger partial charge in [-0.15, -0.1) is 0 Å². The number of rotatable bonds is 15. The van der Waals surface area contributed by atoms with E-state index in [2.05, 4.69) is 18.3 Å². The Bertz CT molecular complexity index is 271. The highest BCUT2D eigenvalue weighted by Gasteiger charge is 2.21. The van der Waals surface area contributed by atoms with Gasteiger partial charge in [-0.2, -0.15) is 5.26 Å². The van der Waals surface area contributed by atoms with Crippen molar-refractivity contribution in [2.75, 3.05) is 59.9 Å². The number of nitriles is 1. The fourth-order valence-electron chi connectivity index (χ4n) is 1.55. The lowest BCUT2D eigenvalue weighted by Gasteiger charge is -2.22. The summed E-state index contributed by atoms with van der Waals surface area (Å²) in [5.41, 5.74) is -0.508. The van der Waals surface area contributed by atoms with E-state index < -0.39 is 5.54 Å². The van der Waals surface area contributed by atoms with Gasteiger partial charge in [0.25, 0.3) is 0 Å². The molecular formula is C15H30N2O4. The summed E-state index contributed by atoms with van der Waals surface area (Å²) in [6.45, 7) is 8.77. The zero-order chi connectivity index (χ0) is 15.8. The fourth-order valence-corrected chi connectivity index (χ4v) is 1.55.